The van der Waals surface area contributed by atoms with E-state index in [2.05, 4.69) is 25.1 Å². The molecule has 0 aliphatic carbocycles. The summed E-state index contributed by atoms with van der Waals surface area (Å²) in [4.78, 5) is 15.2. The molecule has 0 atom stereocenters. The second kappa shape index (κ2) is 9.96. The van der Waals surface area contributed by atoms with E-state index < -0.39 is 0 Å². The van der Waals surface area contributed by atoms with Crippen LogP contribution in [0.3, 0.4) is 0 Å². The van der Waals surface area contributed by atoms with Gasteiger partial charge in [0, 0.05) is 29.7 Å². The van der Waals surface area contributed by atoms with Gasteiger partial charge in [-0.2, -0.15) is 5.10 Å². The molecule has 7 rings (SSSR count). The van der Waals surface area contributed by atoms with Gasteiger partial charge in [0.2, 0.25) is 0 Å². The molecule has 2 aromatic carbocycles. The SMILES string of the molecule is Fc1cc(OCCN2CCCC2)cc(-c2cccc3[nH]c(-c4n[nH]c5ccc(-c6ccccn6)nc45)cc23)c1. The lowest BCUT2D eigenvalue weighted by molar-refractivity contribution is 0.237. The van der Waals surface area contributed by atoms with Crippen molar-refractivity contribution in [2.75, 3.05) is 26.2 Å². The maximum Gasteiger partial charge on any atom is 0.135 e. The van der Waals surface area contributed by atoms with Gasteiger partial charge in [0.05, 0.1) is 22.6 Å². The average Bonchev–Trinajstić information content (AvgIpc) is 3.72. The molecule has 1 aliphatic heterocycles. The number of hydrogen-bond donors (Lipinski definition) is 2. The van der Waals surface area contributed by atoms with Crippen molar-refractivity contribution in [3.05, 3.63) is 84.8 Å². The van der Waals surface area contributed by atoms with Crippen molar-refractivity contribution in [2.24, 2.45) is 0 Å². The first-order chi connectivity index (χ1) is 19.2. The molecule has 0 radical (unpaired) electrons. The summed E-state index contributed by atoms with van der Waals surface area (Å²) in [6.07, 6.45) is 4.23. The Morgan fingerprint density at radius 1 is 0.897 bits per heavy atom. The smallest absolute Gasteiger partial charge is 0.135 e. The minimum Gasteiger partial charge on any atom is -0.492 e. The highest BCUT2D eigenvalue weighted by Gasteiger charge is 2.17. The predicted octanol–water partition coefficient (Wildman–Crippen LogP) is 6.45. The molecule has 2 N–H and O–H groups in total. The Morgan fingerprint density at radius 2 is 1.82 bits per heavy atom. The Balaban J connectivity index is 1.23. The first kappa shape index (κ1) is 23.5. The number of H-pyrrole nitrogens is 2. The zero-order valence-corrected chi connectivity index (χ0v) is 21.3. The van der Waals surface area contributed by atoms with Gasteiger partial charge in [-0.05, 0) is 85.6 Å². The molecular weight excluding hydrogens is 491 g/mol. The molecule has 7 nitrogen and oxygen atoms in total. The molecular formula is C31H27FN6O. The highest BCUT2D eigenvalue weighted by molar-refractivity contribution is 6.00. The fourth-order valence-electron chi connectivity index (χ4n) is 5.38. The van der Waals surface area contributed by atoms with Crippen LogP contribution in [0.5, 0.6) is 5.75 Å². The van der Waals surface area contributed by atoms with Crippen LogP contribution in [0.25, 0.3) is 55.8 Å². The molecule has 194 valence electrons. The number of likely N-dealkylation sites (tertiary alicyclic amines) is 1. The van der Waals surface area contributed by atoms with Crippen LogP contribution in [0.15, 0.2) is 79.0 Å². The van der Waals surface area contributed by atoms with Gasteiger partial charge in [-0.1, -0.05) is 18.2 Å². The van der Waals surface area contributed by atoms with Crippen LogP contribution in [0, 0.1) is 5.82 Å². The van der Waals surface area contributed by atoms with Gasteiger partial charge < -0.3 is 9.72 Å². The van der Waals surface area contributed by atoms with Gasteiger partial charge in [0.1, 0.15) is 29.4 Å². The lowest BCUT2D eigenvalue weighted by atomic mass is 10.0. The van der Waals surface area contributed by atoms with Gasteiger partial charge in [0.25, 0.3) is 0 Å². The van der Waals surface area contributed by atoms with Crippen molar-refractivity contribution >= 4 is 21.9 Å². The molecule has 8 heteroatoms. The Labute approximate surface area is 224 Å². The van der Waals surface area contributed by atoms with Crippen molar-refractivity contribution in [3.8, 4) is 39.7 Å². The van der Waals surface area contributed by atoms with E-state index in [4.69, 9.17) is 9.72 Å². The van der Waals surface area contributed by atoms with Crippen molar-refractivity contribution in [3.63, 3.8) is 0 Å². The summed E-state index contributed by atoms with van der Waals surface area (Å²) in [5.74, 6) is 0.225. The van der Waals surface area contributed by atoms with E-state index in [1.54, 1.807) is 12.3 Å². The summed E-state index contributed by atoms with van der Waals surface area (Å²) in [5, 5.41) is 8.63. The van der Waals surface area contributed by atoms with Crippen molar-refractivity contribution in [1.29, 1.82) is 0 Å². The van der Waals surface area contributed by atoms with Crippen LogP contribution in [0.4, 0.5) is 4.39 Å². The topological polar surface area (TPSA) is 82.7 Å². The third kappa shape index (κ3) is 4.64. The molecule has 4 aromatic heterocycles. The van der Waals surface area contributed by atoms with Gasteiger partial charge in [0.15, 0.2) is 0 Å². The Morgan fingerprint density at radius 3 is 2.69 bits per heavy atom. The molecule has 1 fully saturated rings. The zero-order chi connectivity index (χ0) is 26.2. The Kier molecular flexibility index (Phi) is 6.01. The van der Waals surface area contributed by atoms with E-state index in [9.17, 15) is 4.39 Å². The number of hydrogen-bond acceptors (Lipinski definition) is 5. The first-order valence-electron chi connectivity index (χ1n) is 13.3. The largest absolute Gasteiger partial charge is 0.492 e. The van der Waals surface area contributed by atoms with Gasteiger partial charge in [-0.25, -0.2) is 9.37 Å². The maximum absolute atomic E-state index is 14.7. The Bertz CT molecular complexity index is 1770. The normalized spacial score (nSPS) is 14.0. The molecule has 0 unspecified atom stereocenters. The molecule has 0 saturated carbocycles. The van der Waals surface area contributed by atoms with Gasteiger partial charge in [-0.15, -0.1) is 0 Å². The summed E-state index contributed by atoms with van der Waals surface area (Å²) >= 11 is 0. The molecule has 5 heterocycles. The number of aromatic nitrogens is 5. The molecule has 6 aromatic rings. The quantitative estimate of drug-likeness (QED) is 0.254. The van der Waals surface area contributed by atoms with Gasteiger partial charge >= 0.3 is 0 Å². The highest BCUT2D eigenvalue weighted by Crippen LogP contribution is 2.35. The van der Waals surface area contributed by atoms with Crippen molar-refractivity contribution in [2.45, 2.75) is 12.8 Å². The van der Waals surface area contributed by atoms with Crippen molar-refractivity contribution < 1.29 is 9.13 Å². The van der Waals surface area contributed by atoms with Crippen LogP contribution < -0.4 is 4.74 Å². The molecule has 0 amide bonds. The minimum absolute atomic E-state index is 0.319. The van der Waals surface area contributed by atoms with E-state index in [-0.39, 0.29) is 5.82 Å². The molecule has 39 heavy (non-hydrogen) atoms. The van der Waals surface area contributed by atoms with E-state index in [1.807, 2.05) is 60.7 Å². The highest BCUT2D eigenvalue weighted by atomic mass is 19.1. The number of ether oxygens (including phenoxy) is 1. The summed E-state index contributed by atoms with van der Waals surface area (Å²) in [7, 11) is 0. The monoisotopic (exact) mass is 518 g/mol. The summed E-state index contributed by atoms with van der Waals surface area (Å²) in [5.41, 5.74) is 7.33. The second-order valence-corrected chi connectivity index (χ2v) is 9.90. The number of aromatic amines is 2. The van der Waals surface area contributed by atoms with Crippen molar-refractivity contribution in [1.82, 2.24) is 30.0 Å². The number of nitrogens with one attached hydrogen (secondary N) is 2. The van der Waals surface area contributed by atoms with Crippen LogP contribution in [-0.2, 0) is 0 Å². The lowest BCUT2D eigenvalue weighted by Crippen LogP contribution is -2.25. The van der Waals surface area contributed by atoms with E-state index in [1.165, 1.54) is 18.9 Å². The minimum atomic E-state index is -0.319. The number of rotatable bonds is 7. The molecule has 1 saturated heterocycles. The fraction of sp³-hybridized carbons (Fsp3) is 0.194. The van der Waals surface area contributed by atoms with E-state index >= 15 is 0 Å². The van der Waals surface area contributed by atoms with Crippen LogP contribution >= 0.6 is 0 Å². The molecule has 0 bridgehead atoms. The number of benzene rings is 2. The third-order valence-electron chi connectivity index (χ3n) is 7.31. The number of fused-ring (bicyclic) bond motifs is 2. The number of pyridine rings is 2. The molecule has 0 spiro atoms. The summed E-state index contributed by atoms with van der Waals surface area (Å²) in [6, 6.07) is 22.6. The summed E-state index contributed by atoms with van der Waals surface area (Å²) < 4.78 is 20.7. The van der Waals surface area contributed by atoms with Gasteiger partial charge in [-0.3, -0.25) is 15.0 Å². The van der Waals surface area contributed by atoms with Crippen LogP contribution in [-0.4, -0.2) is 56.3 Å². The second-order valence-electron chi connectivity index (χ2n) is 9.90. The zero-order valence-electron chi connectivity index (χ0n) is 21.3. The third-order valence-corrected chi connectivity index (χ3v) is 7.31. The maximum atomic E-state index is 14.7. The van der Waals surface area contributed by atoms with E-state index in [0.717, 1.165) is 75.5 Å². The standard InChI is InChI=1S/C31H27FN6O/c32-21-16-20(17-22(18-21)39-15-14-38-12-3-4-13-38)23-6-5-8-25-24(23)19-29(34-25)31-30-28(36-37-31)10-9-27(35-30)26-7-1-2-11-33-26/h1-2,5-11,16-19,34H,3-4,12-15H2,(H,36,37). The van der Waals surface area contributed by atoms with Crippen LogP contribution in [0.1, 0.15) is 12.8 Å². The van der Waals surface area contributed by atoms with Crippen LogP contribution in [0.2, 0.25) is 0 Å². The number of halogens is 1. The fourth-order valence-corrected chi connectivity index (χ4v) is 5.38. The first-order valence-corrected chi connectivity index (χ1v) is 13.3. The predicted molar refractivity (Wildman–Crippen MR) is 151 cm³/mol. The average molecular weight is 519 g/mol. The van der Waals surface area contributed by atoms with E-state index in [0.29, 0.717) is 12.4 Å². The lowest BCUT2D eigenvalue weighted by Gasteiger charge is -2.15. The summed E-state index contributed by atoms with van der Waals surface area (Å²) in [6.45, 7) is 3.62. The Hall–Kier alpha value is -4.56. The molecule has 1 aliphatic rings. The number of nitrogens with zero attached hydrogens (tertiary/aromatic N) is 4.